The van der Waals surface area contributed by atoms with Crippen LogP contribution in [0.4, 0.5) is 8.78 Å². The molecule has 1 fully saturated rings. The average Bonchev–Trinajstić information content (AvgIpc) is 3.50. The molecule has 2 aromatic carbocycles. The first-order chi connectivity index (χ1) is 15.0. The summed E-state index contributed by atoms with van der Waals surface area (Å²) in [5, 5.41) is 0. The highest BCUT2D eigenvalue weighted by Crippen LogP contribution is 2.33. The number of aromatic nitrogens is 4. The van der Waals surface area contributed by atoms with Crippen LogP contribution in [-0.2, 0) is 6.54 Å². The van der Waals surface area contributed by atoms with Gasteiger partial charge in [-0.15, -0.1) is 0 Å². The van der Waals surface area contributed by atoms with Gasteiger partial charge in [0, 0.05) is 17.7 Å². The summed E-state index contributed by atoms with van der Waals surface area (Å²) in [5.41, 5.74) is -0.00263. The molecule has 1 aliphatic carbocycles. The van der Waals surface area contributed by atoms with Crippen molar-refractivity contribution < 1.29 is 13.5 Å². The zero-order chi connectivity index (χ0) is 21.7. The zero-order valence-corrected chi connectivity index (χ0v) is 16.6. The van der Waals surface area contributed by atoms with Gasteiger partial charge in [0.05, 0.1) is 25.7 Å². The van der Waals surface area contributed by atoms with Crippen LogP contribution in [0, 0.1) is 11.6 Å². The van der Waals surface area contributed by atoms with Crippen molar-refractivity contribution in [1.82, 2.24) is 18.7 Å². The molecule has 0 unspecified atom stereocenters. The van der Waals surface area contributed by atoms with Crippen LogP contribution in [0.15, 0.2) is 58.4 Å². The van der Waals surface area contributed by atoms with Crippen molar-refractivity contribution in [3.8, 4) is 11.4 Å². The van der Waals surface area contributed by atoms with Gasteiger partial charge in [-0.2, -0.15) is 0 Å². The molecule has 0 radical (unpaired) electrons. The number of nitrogens with zero attached hydrogens (tertiary/aromatic N) is 4. The highest BCUT2D eigenvalue weighted by atomic mass is 19.1. The molecule has 1 aliphatic rings. The maximum absolute atomic E-state index is 14.2. The Bertz CT molecular complexity index is 1430. The number of ether oxygens (including phenoxy) is 1. The second-order valence-corrected chi connectivity index (χ2v) is 7.48. The highest BCUT2D eigenvalue weighted by molar-refractivity contribution is 5.73. The number of hydrogen-bond acceptors (Lipinski definition) is 4. The van der Waals surface area contributed by atoms with E-state index in [0.717, 1.165) is 25.0 Å². The molecule has 2 aromatic heterocycles. The Labute approximate surface area is 174 Å². The predicted octanol–water partition coefficient (Wildman–Crippen LogP) is 3.02. The van der Waals surface area contributed by atoms with Crippen LogP contribution in [-0.4, -0.2) is 25.8 Å². The summed E-state index contributed by atoms with van der Waals surface area (Å²) in [5.74, 6) is -0.953. The van der Waals surface area contributed by atoms with E-state index in [9.17, 15) is 18.4 Å². The number of para-hydroxylation sites is 2. The predicted molar refractivity (Wildman–Crippen MR) is 110 cm³/mol. The molecule has 158 valence electrons. The van der Waals surface area contributed by atoms with Crippen molar-refractivity contribution in [3.63, 3.8) is 0 Å². The standard InChI is InChI=1S/C22H18F2N4O3/c1-31-18-5-3-2-4-17(18)28-20-19(21(29)27(22(28)30)15-8-9-15)26(12-25-20)11-13-6-7-14(23)10-16(13)24/h2-7,10,12,15H,8-9,11H2,1H3. The third-order valence-corrected chi connectivity index (χ3v) is 5.44. The molecule has 1 saturated carbocycles. The Morgan fingerprint density at radius 1 is 1.13 bits per heavy atom. The molecular weight excluding hydrogens is 406 g/mol. The van der Waals surface area contributed by atoms with Crippen LogP contribution in [0.5, 0.6) is 5.75 Å². The SMILES string of the molecule is COc1ccccc1-n1c(=O)n(C2CC2)c(=O)c2c1ncn2Cc1ccc(F)cc1F. The summed E-state index contributed by atoms with van der Waals surface area (Å²) in [4.78, 5) is 30.9. The van der Waals surface area contributed by atoms with Gasteiger partial charge in [0.2, 0.25) is 0 Å². The van der Waals surface area contributed by atoms with Crippen LogP contribution >= 0.6 is 0 Å². The van der Waals surface area contributed by atoms with Crippen molar-refractivity contribution in [2.24, 2.45) is 0 Å². The maximum atomic E-state index is 14.2. The number of hydrogen-bond donors (Lipinski definition) is 0. The Kier molecular flexibility index (Phi) is 4.46. The molecule has 0 N–H and O–H groups in total. The lowest BCUT2D eigenvalue weighted by Gasteiger charge is -2.14. The number of fused-ring (bicyclic) bond motifs is 1. The smallest absolute Gasteiger partial charge is 0.337 e. The molecular formula is C22H18F2N4O3. The summed E-state index contributed by atoms with van der Waals surface area (Å²) in [6.45, 7) is -0.0351. The van der Waals surface area contributed by atoms with Crippen molar-refractivity contribution in [1.29, 1.82) is 0 Å². The first kappa shape index (κ1) is 19.2. The first-order valence-corrected chi connectivity index (χ1v) is 9.79. The monoisotopic (exact) mass is 424 g/mol. The molecule has 0 atom stereocenters. The Balaban J connectivity index is 1.79. The third-order valence-electron chi connectivity index (χ3n) is 5.44. The molecule has 4 aromatic rings. The summed E-state index contributed by atoms with van der Waals surface area (Å²) in [6, 6.07) is 10.0. The van der Waals surface area contributed by atoms with Gasteiger partial charge in [0.15, 0.2) is 11.2 Å². The molecule has 0 aliphatic heterocycles. The van der Waals surface area contributed by atoms with Crippen molar-refractivity contribution in [3.05, 3.63) is 86.8 Å². The molecule has 2 heterocycles. The fraction of sp³-hybridized carbons (Fsp3) is 0.227. The summed E-state index contributed by atoms with van der Waals surface area (Å²) < 4.78 is 37.0. The summed E-state index contributed by atoms with van der Waals surface area (Å²) >= 11 is 0. The Morgan fingerprint density at radius 2 is 1.90 bits per heavy atom. The van der Waals surface area contributed by atoms with Gasteiger partial charge in [0.1, 0.15) is 17.4 Å². The van der Waals surface area contributed by atoms with E-state index in [0.29, 0.717) is 11.4 Å². The lowest BCUT2D eigenvalue weighted by atomic mass is 10.2. The van der Waals surface area contributed by atoms with E-state index in [1.54, 1.807) is 24.3 Å². The van der Waals surface area contributed by atoms with Gasteiger partial charge in [-0.1, -0.05) is 18.2 Å². The minimum atomic E-state index is -0.720. The number of benzene rings is 2. The largest absolute Gasteiger partial charge is 0.495 e. The molecule has 0 spiro atoms. The van der Waals surface area contributed by atoms with Crippen LogP contribution < -0.4 is 16.0 Å². The maximum Gasteiger partial charge on any atom is 0.337 e. The van der Waals surface area contributed by atoms with Gasteiger partial charge in [0.25, 0.3) is 5.56 Å². The first-order valence-electron chi connectivity index (χ1n) is 9.79. The summed E-state index contributed by atoms with van der Waals surface area (Å²) in [6.07, 6.45) is 2.85. The van der Waals surface area contributed by atoms with Gasteiger partial charge in [-0.05, 0) is 31.0 Å². The van der Waals surface area contributed by atoms with Gasteiger partial charge in [-0.3, -0.25) is 9.36 Å². The van der Waals surface area contributed by atoms with E-state index in [-0.39, 0.29) is 29.3 Å². The fourth-order valence-electron chi connectivity index (χ4n) is 3.79. The highest BCUT2D eigenvalue weighted by Gasteiger charge is 2.31. The zero-order valence-electron chi connectivity index (χ0n) is 16.6. The average molecular weight is 424 g/mol. The van der Waals surface area contributed by atoms with E-state index in [2.05, 4.69) is 4.98 Å². The molecule has 31 heavy (non-hydrogen) atoms. The fourth-order valence-corrected chi connectivity index (χ4v) is 3.79. The van der Waals surface area contributed by atoms with Gasteiger partial charge < -0.3 is 9.30 Å². The van der Waals surface area contributed by atoms with E-state index in [1.165, 1.54) is 33.2 Å². The van der Waals surface area contributed by atoms with Crippen LogP contribution in [0.3, 0.4) is 0 Å². The van der Waals surface area contributed by atoms with E-state index >= 15 is 0 Å². The minimum Gasteiger partial charge on any atom is -0.495 e. The lowest BCUT2D eigenvalue weighted by molar-refractivity contribution is 0.412. The minimum absolute atomic E-state index is 0.0351. The third kappa shape index (κ3) is 3.13. The number of imidazole rings is 1. The second-order valence-electron chi connectivity index (χ2n) is 7.48. The normalized spacial score (nSPS) is 13.6. The topological polar surface area (TPSA) is 71.1 Å². The summed E-state index contributed by atoms with van der Waals surface area (Å²) in [7, 11) is 1.49. The molecule has 9 heteroatoms. The molecule has 0 saturated heterocycles. The van der Waals surface area contributed by atoms with Gasteiger partial charge >= 0.3 is 5.69 Å². The van der Waals surface area contributed by atoms with Gasteiger partial charge in [-0.25, -0.2) is 23.1 Å². The lowest BCUT2D eigenvalue weighted by Crippen LogP contribution is -2.39. The number of rotatable bonds is 5. The van der Waals surface area contributed by atoms with Crippen molar-refractivity contribution in [2.75, 3.05) is 7.11 Å². The van der Waals surface area contributed by atoms with Crippen LogP contribution in [0.1, 0.15) is 24.4 Å². The van der Waals surface area contributed by atoms with E-state index < -0.39 is 22.9 Å². The number of methoxy groups -OCH3 is 1. The van der Waals surface area contributed by atoms with E-state index in [1.807, 2.05) is 0 Å². The van der Waals surface area contributed by atoms with E-state index in [4.69, 9.17) is 4.74 Å². The molecule has 0 amide bonds. The van der Waals surface area contributed by atoms with Crippen molar-refractivity contribution >= 4 is 11.2 Å². The molecule has 7 nitrogen and oxygen atoms in total. The molecule has 0 bridgehead atoms. The Hall–Kier alpha value is -3.75. The molecule has 5 rings (SSSR count). The van der Waals surface area contributed by atoms with Crippen LogP contribution in [0.25, 0.3) is 16.9 Å². The quantitative estimate of drug-likeness (QED) is 0.494. The Morgan fingerprint density at radius 3 is 2.61 bits per heavy atom. The second kappa shape index (κ2) is 7.19. The number of halogens is 2. The van der Waals surface area contributed by atoms with Crippen molar-refractivity contribution in [2.45, 2.75) is 25.4 Å². The van der Waals surface area contributed by atoms with Crippen LogP contribution in [0.2, 0.25) is 0 Å².